The van der Waals surface area contributed by atoms with Crippen LogP contribution < -0.4 is 5.32 Å². The molecule has 2 heterocycles. The molecule has 2 aliphatic rings. The highest BCUT2D eigenvalue weighted by Gasteiger charge is 2.31. The standard InChI is InChI=1S/C15H29N3O/c1-3-7-16-14-6-10-18(15(14)19)12-13(2)11-17-8-4-5-9-17/h13-14,16H,3-12H2,1-2H3. The van der Waals surface area contributed by atoms with E-state index in [1.807, 2.05) is 0 Å². The van der Waals surface area contributed by atoms with E-state index in [1.54, 1.807) is 0 Å². The molecular weight excluding hydrogens is 238 g/mol. The van der Waals surface area contributed by atoms with Gasteiger partial charge in [0.25, 0.3) is 0 Å². The van der Waals surface area contributed by atoms with E-state index in [2.05, 4.69) is 29.0 Å². The van der Waals surface area contributed by atoms with Crippen molar-refractivity contribution in [3.63, 3.8) is 0 Å². The maximum absolute atomic E-state index is 12.2. The van der Waals surface area contributed by atoms with Crippen molar-refractivity contribution in [2.45, 2.75) is 45.6 Å². The first-order valence-corrected chi connectivity index (χ1v) is 7.95. The molecule has 0 spiro atoms. The number of hydrogen-bond donors (Lipinski definition) is 1. The summed E-state index contributed by atoms with van der Waals surface area (Å²) in [7, 11) is 0. The van der Waals surface area contributed by atoms with Gasteiger partial charge in [-0.05, 0) is 51.2 Å². The zero-order valence-corrected chi connectivity index (χ0v) is 12.5. The zero-order valence-electron chi connectivity index (χ0n) is 12.5. The monoisotopic (exact) mass is 267 g/mol. The van der Waals surface area contributed by atoms with Crippen LogP contribution in [0.3, 0.4) is 0 Å². The van der Waals surface area contributed by atoms with Gasteiger partial charge >= 0.3 is 0 Å². The molecule has 2 rings (SSSR count). The molecule has 110 valence electrons. The zero-order chi connectivity index (χ0) is 13.7. The second kappa shape index (κ2) is 7.25. The van der Waals surface area contributed by atoms with Crippen LogP contribution in [-0.2, 0) is 4.79 Å². The molecule has 2 unspecified atom stereocenters. The molecule has 0 saturated carbocycles. The fourth-order valence-corrected chi connectivity index (χ4v) is 3.27. The van der Waals surface area contributed by atoms with Crippen molar-refractivity contribution in [3.8, 4) is 0 Å². The van der Waals surface area contributed by atoms with E-state index in [4.69, 9.17) is 0 Å². The van der Waals surface area contributed by atoms with E-state index in [-0.39, 0.29) is 6.04 Å². The Morgan fingerprint density at radius 1 is 1.26 bits per heavy atom. The average Bonchev–Trinajstić information content (AvgIpc) is 2.99. The van der Waals surface area contributed by atoms with Crippen LogP contribution in [0.5, 0.6) is 0 Å². The second-order valence-electron chi connectivity index (χ2n) is 6.19. The Hall–Kier alpha value is -0.610. The Morgan fingerprint density at radius 3 is 2.68 bits per heavy atom. The van der Waals surface area contributed by atoms with Crippen molar-refractivity contribution in [2.75, 3.05) is 39.3 Å². The van der Waals surface area contributed by atoms with Crippen molar-refractivity contribution in [3.05, 3.63) is 0 Å². The minimum atomic E-state index is 0.0823. The summed E-state index contributed by atoms with van der Waals surface area (Å²) in [6.45, 7) is 10.9. The number of likely N-dealkylation sites (tertiary alicyclic amines) is 2. The Bertz CT molecular complexity index is 289. The lowest BCUT2D eigenvalue weighted by atomic mass is 10.1. The first-order chi connectivity index (χ1) is 9.20. The Balaban J connectivity index is 1.71. The lowest BCUT2D eigenvalue weighted by molar-refractivity contribution is -0.130. The largest absolute Gasteiger partial charge is 0.341 e. The summed E-state index contributed by atoms with van der Waals surface area (Å²) < 4.78 is 0. The van der Waals surface area contributed by atoms with E-state index in [1.165, 1.54) is 25.9 Å². The molecule has 1 amide bonds. The third kappa shape index (κ3) is 4.18. The lowest BCUT2D eigenvalue weighted by Crippen LogP contribution is -2.41. The summed E-state index contributed by atoms with van der Waals surface area (Å²) in [4.78, 5) is 16.8. The summed E-state index contributed by atoms with van der Waals surface area (Å²) in [6.07, 6.45) is 4.77. The fourth-order valence-electron chi connectivity index (χ4n) is 3.27. The molecule has 2 atom stereocenters. The molecular formula is C15H29N3O. The van der Waals surface area contributed by atoms with E-state index in [9.17, 15) is 4.79 Å². The van der Waals surface area contributed by atoms with Gasteiger partial charge in [0.2, 0.25) is 5.91 Å². The summed E-state index contributed by atoms with van der Waals surface area (Å²) in [5.74, 6) is 0.911. The highest BCUT2D eigenvalue weighted by Crippen LogP contribution is 2.16. The van der Waals surface area contributed by atoms with Gasteiger partial charge in [0.05, 0.1) is 6.04 Å². The maximum atomic E-state index is 12.2. The lowest BCUT2D eigenvalue weighted by Gasteiger charge is -2.25. The van der Waals surface area contributed by atoms with Crippen LogP contribution in [0.25, 0.3) is 0 Å². The maximum Gasteiger partial charge on any atom is 0.239 e. The molecule has 0 aromatic heterocycles. The quantitative estimate of drug-likeness (QED) is 0.755. The highest BCUT2D eigenvalue weighted by atomic mass is 16.2. The normalized spacial score (nSPS) is 26.3. The predicted octanol–water partition coefficient (Wildman–Crippen LogP) is 1.32. The summed E-state index contributed by atoms with van der Waals surface area (Å²) in [6, 6.07) is 0.0823. The second-order valence-corrected chi connectivity index (χ2v) is 6.19. The van der Waals surface area contributed by atoms with Crippen LogP contribution in [0.4, 0.5) is 0 Å². The number of amides is 1. The molecule has 0 aromatic rings. The smallest absolute Gasteiger partial charge is 0.239 e. The number of nitrogens with zero attached hydrogens (tertiary/aromatic N) is 2. The van der Waals surface area contributed by atoms with Gasteiger partial charge in [-0.2, -0.15) is 0 Å². The van der Waals surface area contributed by atoms with Gasteiger partial charge in [-0.1, -0.05) is 13.8 Å². The molecule has 0 aliphatic carbocycles. The van der Waals surface area contributed by atoms with E-state index >= 15 is 0 Å². The number of hydrogen-bond acceptors (Lipinski definition) is 3. The highest BCUT2D eigenvalue weighted by molar-refractivity contribution is 5.83. The van der Waals surface area contributed by atoms with E-state index < -0.39 is 0 Å². The SMILES string of the molecule is CCCNC1CCN(CC(C)CN2CCCC2)C1=O. The molecule has 0 radical (unpaired) electrons. The van der Waals surface area contributed by atoms with Gasteiger partial charge in [-0.25, -0.2) is 0 Å². The van der Waals surface area contributed by atoms with Crippen LogP contribution in [0.15, 0.2) is 0 Å². The number of nitrogens with one attached hydrogen (secondary N) is 1. The van der Waals surface area contributed by atoms with Gasteiger partial charge in [-0.3, -0.25) is 4.79 Å². The molecule has 2 aliphatic heterocycles. The molecule has 0 bridgehead atoms. The molecule has 2 fully saturated rings. The molecule has 4 heteroatoms. The van der Waals surface area contributed by atoms with Crippen molar-refractivity contribution in [2.24, 2.45) is 5.92 Å². The number of rotatable bonds is 7. The first kappa shape index (κ1) is 14.8. The van der Waals surface area contributed by atoms with E-state index in [0.29, 0.717) is 11.8 Å². The summed E-state index contributed by atoms with van der Waals surface area (Å²) in [5.41, 5.74) is 0. The third-order valence-electron chi connectivity index (χ3n) is 4.24. The van der Waals surface area contributed by atoms with Gasteiger partial charge in [-0.15, -0.1) is 0 Å². The number of carbonyl (C=O) groups excluding carboxylic acids is 1. The fraction of sp³-hybridized carbons (Fsp3) is 0.933. The van der Waals surface area contributed by atoms with E-state index in [0.717, 1.165) is 39.0 Å². The van der Waals surface area contributed by atoms with Crippen LogP contribution in [0.2, 0.25) is 0 Å². The van der Waals surface area contributed by atoms with Crippen LogP contribution in [-0.4, -0.2) is 61.0 Å². The minimum absolute atomic E-state index is 0.0823. The predicted molar refractivity (Wildman–Crippen MR) is 78.1 cm³/mol. The van der Waals surface area contributed by atoms with Crippen LogP contribution in [0.1, 0.15) is 39.5 Å². The Labute approximate surface area is 117 Å². The van der Waals surface area contributed by atoms with Crippen molar-refractivity contribution in [1.82, 2.24) is 15.1 Å². The summed E-state index contributed by atoms with van der Waals surface area (Å²) in [5, 5.41) is 3.36. The molecule has 2 saturated heterocycles. The van der Waals surface area contributed by atoms with Gasteiger partial charge < -0.3 is 15.1 Å². The van der Waals surface area contributed by atoms with Crippen molar-refractivity contribution < 1.29 is 4.79 Å². The molecule has 1 N–H and O–H groups in total. The van der Waals surface area contributed by atoms with Crippen molar-refractivity contribution >= 4 is 5.91 Å². The van der Waals surface area contributed by atoms with Gasteiger partial charge in [0.15, 0.2) is 0 Å². The van der Waals surface area contributed by atoms with Crippen molar-refractivity contribution in [1.29, 1.82) is 0 Å². The van der Waals surface area contributed by atoms with Crippen LogP contribution in [0, 0.1) is 5.92 Å². The Morgan fingerprint density at radius 2 is 2.00 bits per heavy atom. The van der Waals surface area contributed by atoms with Gasteiger partial charge in [0.1, 0.15) is 0 Å². The van der Waals surface area contributed by atoms with Gasteiger partial charge in [0, 0.05) is 19.6 Å². The average molecular weight is 267 g/mol. The molecule has 4 nitrogen and oxygen atoms in total. The third-order valence-corrected chi connectivity index (χ3v) is 4.24. The topological polar surface area (TPSA) is 35.6 Å². The summed E-state index contributed by atoms with van der Waals surface area (Å²) >= 11 is 0. The minimum Gasteiger partial charge on any atom is -0.341 e. The molecule has 19 heavy (non-hydrogen) atoms. The number of carbonyl (C=O) groups is 1. The first-order valence-electron chi connectivity index (χ1n) is 7.95. The molecule has 0 aromatic carbocycles. The Kier molecular flexibility index (Phi) is 5.64. The van der Waals surface area contributed by atoms with Crippen LogP contribution >= 0.6 is 0 Å².